The Labute approximate surface area is 133 Å². The van der Waals surface area contributed by atoms with E-state index in [1.807, 2.05) is 0 Å². The molecule has 3 rings (SSSR count). The molecule has 1 saturated carbocycles. The Morgan fingerprint density at radius 1 is 1.23 bits per heavy atom. The number of hydrogen-bond donors (Lipinski definition) is 2. The number of aromatic nitrogens is 2. The lowest BCUT2D eigenvalue weighted by Gasteiger charge is -2.19. The molecule has 0 bridgehead atoms. The molecule has 0 radical (unpaired) electrons. The predicted molar refractivity (Wildman–Crippen MR) is 85.6 cm³/mol. The highest BCUT2D eigenvalue weighted by Gasteiger charge is 2.27. The topological polar surface area (TPSA) is 58.0 Å². The van der Waals surface area contributed by atoms with Gasteiger partial charge in [0.2, 0.25) is 5.13 Å². The van der Waals surface area contributed by atoms with Crippen LogP contribution in [-0.2, 0) is 6.42 Å². The highest BCUT2D eigenvalue weighted by molar-refractivity contribution is 7.15. The van der Waals surface area contributed by atoms with E-state index in [0.717, 1.165) is 28.5 Å². The van der Waals surface area contributed by atoms with E-state index in [1.165, 1.54) is 25.0 Å². The summed E-state index contributed by atoms with van der Waals surface area (Å²) in [4.78, 5) is 0. The molecule has 2 unspecified atom stereocenters. The summed E-state index contributed by atoms with van der Waals surface area (Å²) in [5, 5.41) is 22.8. The number of anilines is 1. The van der Waals surface area contributed by atoms with Gasteiger partial charge in [-0.05, 0) is 42.9 Å². The minimum atomic E-state index is -0.223. The van der Waals surface area contributed by atoms with Crippen LogP contribution in [0.15, 0.2) is 24.3 Å². The molecular formula is C16H20FN3OS. The Hall–Kier alpha value is -1.53. The van der Waals surface area contributed by atoms with E-state index in [9.17, 15) is 4.39 Å². The molecule has 1 aliphatic carbocycles. The number of rotatable bonds is 6. The number of aliphatic hydroxyl groups is 1. The standard InChI is InChI=1S/C16H20FN3OS/c17-13-6-4-11(5-7-13)10-15-19-20-16(22-15)18-14-3-1-2-12(14)8-9-21/h4-7,12,14,21H,1-3,8-10H2,(H,18,20). The van der Waals surface area contributed by atoms with Gasteiger partial charge in [0.1, 0.15) is 10.8 Å². The predicted octanol–water partition coefficient (Wildman–Crippen LogP) is 3.23. The molecule has 0 aliphatic heterocycles. The fourth-order valence-electron chi connectivity index (χ4n) is 3.06. The lowest BCUT2D eigenvalue weighted by molar-refractivity contribution is 0.254. The largest absolute Gasteiger partial charge is 0.396 e. The third-order valence-electron chi connectivity index (χ3n) is 4.20. The molecule has 4 nitrogen and oxygen atoms in total. The van der Waals surface area contributed by atoms with Crippen molar-refractivity contribution in [1.29, 1.82) is 0 Å². The smallest absolute Gasteiger partial charge is 0.205 e. The van der Waals surface area contributed by atoms with Crippen molar-refractivity contribution in [3.8, 4) is 0 Å². The molecule has 1 aliphatic rings. The lowest BCUT2D eigenvalue weighted by atomic mass is 10.0. The van der Waals surface area contributed by atoms with Gasteiger partial charge in [-0.1, -0.05) is 29.9 Å². The number of nitrogens with one attached hydrogen (secondary N) is 1. The number of halogens is 1. The average Bonchev–Trinajstić information content (AvgIpc) is 3.13. The van der Waals surface area contributed by atoms with Crippen molar-refractivity contribution >= 4 is 16.5 Å². The van der Waals surface area contributed by atoms with Crippen LogP contribution in [0.5, 0.6) is 0 Å². The van der Waals surface area contributed by atoms with Gasteiger partial charge in [0.05, 0.1) is 0 Å². The van der Waals surface area contributed by atoms with E-state index < -0.39 is 0 Å². The van der Waals surface area contributed by atoms with Crippen LogP contribution in [-0.4, -0.2) is 28.0 Å². The van der Waals surface area contributed by atoms with Crippen molar-refractivity contribution in [1.82, 2.24) is 10.2 Å². The van der Waals surface area contributed by atoms with Gasteiger partial charge < -0.3 is 10.4 Å². The second-order valence-electron chi connectivity index (χ2n) is 5.76. The fourth-order valence-corrected chi connectivity index (χ4v) is 3.89. The Balaban J connectivity index is 1.60. The number of aliphatic hydroxyl groups excluding tert-OH is 1. The van der Waals surface area contributed by atoms with Crippen molar-refractivity contribution in [2.45, 2.75) is 38.1 Å². The minimum Gasteiger partial charge on any atom is -0.396 e. The number of benzene rings is 1. The maximum absolute atomic E-state index is 12.9. The molecule has 1 fully saturated rings. The van der Waals surface area contributed by atoms with E-state index >= 15 is 0 Å². The van der Waals surface area contributed by atoms with E-state index in [4.69, 9.17) is 5.11 Å². The van der Waals surface area contributed by atoms with Gasteiger partial charge in [-0.15, -0.1) is 10.2 Å². The van der Waals surface area contributed by atoms with Gasteiger partial charge in [-0.2, -0.15) is 0 Å². The Bertz CT molecular complexity index is 602. The van der Waals surface area contributed by atoms with Crippen LogP contribution in [0.25, 0.3) is 0 Å². The van der Waals surface area contributed by atoms with E-state index in [0.29, 0.717) is 18.4 Å². The molecule has 1 aromatic heterocycles. The first-order valence-corrected chi connectivity index (χ1v) is 8.50. The highest BCUT2D eigenvalue weighted by atomic mass is 32.1. The molecule has 2 aromatic rings. The van der Waals surface area contributed by atoms with Gasteiger partial charge in [-0.3, -0.25) is 0 Å². The summed E-state index contributed by atoms with van der Waals surface area (Å²) in [5.74, 6) is 0.300. The monoisotopic (exact) mass is 321 g/mol. The van der Waals surface area contributed by atoms with Crippen molar-refractivity contribution in [2.75, 3.05) is 11.9 Å². The van der Waals surface area contributed by atoms with Crippen molar-refractivity contribution < 1.29 is 9.50 Å². The van der Waals surface area contributed by atoms with Crippen LogP contribution in [0.4, 0.5) is 9.52 Å². The molecule has 118 valence electrons. The third kappa shape index (κ3) is 3.81. The minimum absolute atomic E-state index is 0.223. The molecule has 22 heavy (non-hydrogen) atoms. The summed E-state index contributed by atoms with van der Waals surface area (Å²) in [5.41, 5.74) is 1.03. The van der Waals surface area contributed by atoms with Gasteiger partial charge >= 0.3 is 0 Å². The summed E-state index contributed by atoms with van der Waals surface area (Å²) < 4.78 is 12.9. The van der Waals surface area contributed by atoms with Crippen molar-refractivity contribution in [3.63, 3.8) is 0 Å². The van der Waals surface area contributed by atoms with Crippen LogP contribution in [0, 0.1) is 11.7 Å². The lowest BCUT2D eigenvalue weighted by Crippen LogP contribution is -2.24. The van der Waals surface area contributed by atoms with Crippen LogP contribution >= 0.6 is 11.3 Å². The maximum Gasteiger partial charge on any atom is 0.205 e. The summed E-state index contributed by atoms with van der Waals surface area (Å²) in [6.45, 7) is 0.245. The molecule has 6 heteroatoms. The third-order valence-corrected chi connectivity index (χ3v) is 5.06. The molecule has 0 amide bonds. The van der Waals surface area contributed by atoms with Gasteiger partial charge in [0, 0.05) is 19.1 Å². The number of nitrogens with zero attached hydrogens (tertiary/aromatic N) is 2. The second kappa shape index (κ2) is 7.15. The Kier molecular flexibility index (Phi) is 5.00. The van der Waals surface area contributed by atoms with Gasteiger partial charge in [0.15, 0.2) is 0 Å². The number of hydrogen-bond acceptors (Lipinski definition) is 5. The first kappa shape index (κ1) is 15.4. The van der Waals surface area contributed by atoms with E-state index in [-0.39, 0.29) is 12.4 Å². The molecule has 1 heterocycles. The Morgan fingerprint density at radius 3 is 2.82 bits per heavy atom. The van der Waals surface area contributed by atoms with Gasteiger partial charge in [0.25, 0.3) is 0 Å². The first-order valence-electron chi connectivity index (χ1n) is 7.69. The average molecular weight is 321 g/mol. The summed E-state index contributed by atoms with van der Waals surface area (Å²) in [6.07, 6.45) is 5.00. The molecule has 2 atom stereocenters. The van der Waals surface area contributed by atoms with E-state index in [1.54, 1.807) is 23.5 Å². The SMILES string of the molecule is OCCC1CCCC1Nc1nnc(Cc2ccc(F)cc2)s1. The Morgan fingerprint density at radius 2 is 2.05 bits per heavy atom. The summed E-state index contributed by atoms with van der Waals surface area (Å²) in [6, 6.07) is 6.87. The summed E-state index contributed by atoms with van der Waals surface area (Å²) >= 11 is 1.55. The van der Waals surface area contributed by atoms with Crippen LogP contribution in [0.1, 0.15) is 36.3 Å². The quantitative estimate of drug-likeness (QED) is 0.857. The van der Waals surface area contributed by atoms with Gasteiger partial charge in [-0.25, -0.2) is 4.39 Å². The van der Waals surface area contributed by atoms with Crippen LogP contribution in [0.3, 0.4) is 0 Å². The maximum atomic E-state index is 12.9. The highest BCUT2D eigenvalue weighted by Crippen LogP contribution is 2.31. The normalized spacial score (nSPS) is 21.2. The van der Waals surface area contributed by atoms with Crippen molar-refractivity contribution in [3.05, 3.63) is 40.7 Å². The zero-order valence-corrected chi connectivity index (χ0v) is 13.2. The molecule has 0 spiro atoms. The zero-order valence-electron chi connectivity index (χ0n) is 12.3. The summed E-state index contributed by atoms with van der Waals surface area (Å²) in [7, 11) is 0. The fraction of sp³-hybridized carbons (Fsp3) is 0.500. The van der Waals surface area contributed by atoms with Crippen molar-refractivity contribution in [2.24, 2.45) is 5.92 Å². The molecular weight excluding hydrogens is 301 g/mol. The molecule has 1 aromatic carbocycles. The molecule has 2 N–H and O–H groups in total. The zero-order chi connectivity index (χ0) is 15.4. The first-order chi connectivity index (χ1) is 10.7. The van der Waals surface area contributed by atoms with E-state index in [2.05, 4.69) is 15.5 Å². The van der Waals surface area contributed by atoms with Crippen LogP contribution < -0.4 is 5.32 Å². The molecule has 0 saturated heterocycles. The second-order valence-corrected chi connectivity index (χ2v) is 6.82. The van der Waals surface area contributed by atoms with Crippen LogP contribution in [0.2, 0.25) is 0 Å².